The number of halogens is 3. The predicted octanol–water partition coefficient (Wildman–Crippen LogP) is 5.58. The van der Waals surface area contributed by atoms with Gasteiger partial charge in [-0.05, 0) is 74.5 Å². The number of hydrogen-bond donors (Lipinski definition) is 1. The molecule has 0 saturated carbocycles. The van der Waals surface area contributed by atoms with E-state index in [0.29, 0.717) is 11.0 Å². The van der Waals surface area contributed by atoms with E-state index in [1.165, 1.54) is 17.2 Å². The summed E-state index contributed by atoms with van der Waals surface area (Å²) < 4.78 is 15.0. The third kappa shape index (κ3) is 3.37. The highest BCUT2D eigenvalue weighted by Crippen LogP contribution is 2.29. The molecule has 1 nitrogen and oxygen atoms in total. The van der Waals surface area contributed by atoms with Crippen molar-refractivity contribution < 1.29 is 4.39 Å². The normalized spacial score (nSPS) is 10.6. The molecule has 1 N–H and O–H groups in total. The van der Waals surface area contributed by atoms with E-state index in [-0.39, 0.29) is 5.82 Å². The monoisotopic (exact) mass is 385 g/mol. The minimum absolute atomic E-state index is 0.237. The van der Waals surface area contributed by atoms with Crippen molar-refractivity contribution in [3.8, 4) is 0 Å². The molecule has 0 saturated heterocycles. The van der Waals surface area contributed by atoms with Gasteiger partial charge < -0.3 is 5.32 Å². The maximum absolute atomic E-state index is 13.4. The molecule has 0 amide bonds. The predicted molar refractivity (Wildman–Crippen MR) is 85.0 cm³/mol. The number of aryl methyl sites for hydroxylation is 2. The molecule has 0 atom stereocenters. The molecule has 100 valence electrons. The molecule has 0 heterocycles. The molecule has 4 heteroatoms. The molecule has 0 spiro atoms. The summed E-state index contributed by atoms with van der Waals surface area (Å²) >= 11 is 6.83. The van der Waals surface area contributed by atoms with Gasteiger partial charge in [-0.3, -0.25) is 0 Å². The van der Waals surface area contributed by atoms with E-state index >= 15 is 0 Å². The summed E-state index contributed by atoms with van der Waals surface area (Å²) in [5, 5.41) is 3.35. The number of rotatable bonds is 3. The molecule has 0 radical (unpaired) electrons. The van der Waals surface area contributed by atoms with Crippen LogP contribution in [0.2, 0.25) is 0 Å². The van der Waals surface area contributed by atoms with E-state index in [1.807, 2.05) is 6.07 Å². The van der Waals surface area contributed by atoms with Gasteiger partial charge in [-0.15, -0.1) is 0 Å². The summed E-state index contributed by atoms with van der Waals surface area (Å²) in [7, 11) is 0. The zero-order valence-electron chi connectivity index (χ0n) is 10.7. The van der Waals surface area contributed by atoms with Crippen LogP contribution in [0, 0.1) is 19.7 Å². The van der Waals surface area contributed by atoms with Gasteiger partial charge in [0.15, 0.2) is 0 Å². The summed E-state index contributed by atoms with van der Waals surface area (Å²) in [6.45, 7) is 4.69. The van der Waals surface area contributed by atoms with E-state index < -0.39 is 0 Å². The van der Waals surface area contributed by atoms with Crippen LogP contribution in [0.15, 0.2) is 39.3 Å². The van der Waals surface area contributed by atoms with Crippen molar-refractivity contribution in [3.05, 3.63) is 61.8 Å². The fraction of sp³-hybridized carbons (Fsp3) is 0.200. The van der Waals surface area contributed by atoms with Crippen molar-refractivity contribution in [2.24, 2.45) is 0 Å². The van der Waals surface area contributed by atoms with Gasteiger partial charge in [-0.2, -0.15) is 0 Å². The second kappa shape index (κ2) is 6.06. The van der Waals surface area contributed by atoms with Gasteiger partial charge in [-0.1, -0.05) is 18.2 Å². The highest BCUT2D eigenvalue weighted by Gasteiger charge is 2.08. The summed E-state index contributed by atoms with van der Waals surface area (Å²) in [5.74, 6) is -0.237. The Kier molecular flexibility index (Phi) is 4.63. The van der Waals surface area contributed by atoms with Gasteiger partial charge in [0.05, 0.1) is 10.2 Å². The molecule has 0 aliphatic heterocycles. The van der Waals surface area contributed by atoms with E-state index in [4.69, 9.17) is 0 Å². The minimum Gasteiger partial charge on any atom is -0.380 e. The van der Waals surface area contributed by atoms with Crippen molar-refractivity contribution >= 4 is 37.5 Å². The molecular weight excluding hydrogens is 373 g/mol. The van der Waals surface area contributed by atoms with Crippen LogP contribution >= 0.6 is 31.9 Å². The van der Waals surface area contributed by atoms with Gasteiger partial charge in [0.1, 0.15) is 5.82 Å². The Bertz CT molecular complexity index is 588. The summed E-state index contributed by atoms with van der Waals surface area (Å²) in [6, 6.07) is 9.25. The van der Waals surface area contributed by atoms with Gasteiger partial charge >= 0.3 is 0 Å². The van der Waals surface area contributed by atoms with Gasteiger partial charge in [-0.25, -0.2) is 4.39 Å². The molecule has 0 aliphatic rings. The molecule has 0 unspecified atom stereocenters. The summed E-state index contributed by atoms with van der Waals surface area (Å²) in [6.07, 6.45) is 0. The average Bonchev–Trinajstić information content (AvgIpc) is 2.33. The Morgan fingerprint density at radius 3 is 2.58 bits per heavy atom. The quantitative estimate of drug-likeness (QED) is 0.725. The molecule has 0 aromatic heterocycles. The van der Waals surface area contributed by atoms with Crippen molar-refractivity contribution in [1.82, 2.24) is 0 Å². The Morgan fingerprint density at radius 1 is 1.16 bits per heavy atom. The van der Waals surface area contributed by atoms with Crippen molar-refractivity contribution in [3.63, 3.8) is 0 Å². The molecule has 0 bridgehead atoms. The molecule has 2 aromatic carbocycles. The molecule has 0 aliphatic carbocycles. The molecule has 19 heavy (non-hydrogen) atoms. The van der Waals surface area contributed by atoms with Crippen molar-refractivity contribution in [1.29, 1.82) is 0 Å². The first-order chi connectivity index (χ1) is 8.99. The van der Waals surface area contributed by atoms with Crippen LogP contribution in [0.5, 0.6) is 0 Å². The molecular formula is C15H14Br2FN. The Labute approximate surface area is 129 Å². The Hall–Kier alpha value is -0.870. The van der Waals surface area contributed by atoms with Crippen LogP contribution in [-0.2, 0) is 6.54 Å². The van der Waals surface area contributed by atoms with Crippen LogP contribution in [0.4, 0.5) is 10.1 Å². The van der Waals surface area contributed by atoms with Crippen LogP contribution in [0.25, 0.3) is 0 Å². The smallest absolute Gasteiger partial charge is 0.137 e. The number of benzene rings is 2. The second-order valence-electron chi connectivity index (χ2n) is 4.51. The second-order valence-corrected chi connectivity index (χ2v) is 6.15. The Balaban J connectivity index is 2.22. The minimum atomic E-state index is -0.237. The lowest BCUT2D eigenvalue weighted by Crippen LogP contribution is -2.03. The standard InChI is InChI=1S/C15H14Br2FN/c1-9-6-10(2)15(12(16)7-9)19-8-11-4-3-5-13(18)14(11)17/h3-7,19H,8H2,1-2H3. The maximum Gasteiger partial charge on any atom is 0.137 e. The third-order valence-electron chi connectivity index (χ3n) is 2.92. The van der Waals surface area contributed by atoms with Crippen LogP contribution in [-0.4, -0.2) is 0 Å². The van der Waals surface area contributed by atoms with E-state index in [1.54, 1.807) is 6.07 Å². The van der Waals surface area contributed by atoms with Crippen LogP contribution in [0.3, 0.4) is 0 Å². The average molecular weight is 387 g/mol. The third-order valence-corrected chi connectivity index (χ3v) is 4.43. The number of anilines is 1. The highest BCUT2D eigenvalue weighted by molar-refractivity contribution is 9.11. The number of nitrogens with one attached hydrogen (secondary N) is 1. The van der Waals surface area contributed by atoms with E-state index in [0.717, 1.165) is 15.7 Å². The zero-order chi connectivity index (χ0) is 14.0. The molecule has 2 aromatic rings. The first-order valence-corrected chi connectivity index (χ1v) is 7.51. The topological polar surface area (TPSA) is 12.0 Å². The lowest BCUT2D eigenvalue weighted by Gasteiger charge is -2.14. The van der Waals surface area contributed by atoms with E-state index in [9.17, 15) is 4.39 Å². The molecule has 0 fully saturated rings. The fourth-order valence-corrected chi connectivity index (χ4v) is 3.23. The summed E-state index contributed by atoms with van der Waals surface area (Å²) in [5.41, 5.74) is 4.31. The highest BCUT2D eigenvalue weighted by atomic mass is 79.9. The molecule has 2 rings (SSSR count). The van der Waals surface area contributed by atoms with Crippen molar-refractivity contribution in [2.75, 3.05) is 5.32 Å². The van der Waals surface area contributed by atoms with Crippen LogP contribution < -0.4 is 5.32 Å². The SMILES string of the molecule is Cc1cc(C)c(NCc2cccc(F)c2Br)c(Br)c1. The lowest BCUT2D eigenvalue weighted by atomic mass is 10.1. The van der Waals surface area contributed by atoms with Gasteiger partial charge in [0.25, 0.3) is 0 Å². The maximum atomic E-state index is 13.4. The first kappa shape index (κ1) is 14.5. The van der Waals surface area contributed by atoms with Crippen LogP contribution in [0.1, 0.15) is 16.7 Å². The largest absolute Gasteiger partial charge is 0.380 e. The fourth-order valence-electron chi connectivity index (χ4n) is 2.01. The van der Waals surface area contributed by atoms with Crippen molar-refractivity contribution in [2.45, 2.75) is 20.4 Å². The lowest BCUT2D eigenvalue weighted by molar-refractivity contribution is 0.618. The summed E-state index contributed by atoms with van der Waals surface area (Å²) in [4.78, 5) is 0. The van der Waals surface area contributed by atoms with Gasteiger partial charge in [0.2, 0.25) is 0 Å². The zero-order valence-corrected chi connectivity index (χ0v) is 13.9. The number of hydrogen-bond acceptors (Lipinski definition) is 1. The van der Waals surface area contributed by atoms with Gasteiger partial charge in [0, 0.05) is 11.0 Å². The Morgan fingerprint density at radius 2 is 1.89 bits per heavy atom. The van der Waals surface area contributed by atoms with E-state index in [2.05, 4.69) is 63.2 Å². The first-order valence-electron chi connectivity index (χ1n) is 5.92.